The number of halogens is 2. The van der Waals surface area contributed by atoms with Crippen molar-refractivity contribution in [2.45, 2.75) is 4.83 Å². The van der Waals surface area contributed by atoms with E-state index in [-0.39, 0.29) is 0 Å². The molecule has 2 rings (SSSR count). The topological polar surface area (TPSA) is 0 Å². The zero-order valence-corrected chi connectivity index (χ0v) is 9.47. The maximum absolute atomic E-state index is 3.59. The van der Waals surface area contributed by atoms with E-state index in [1.807, 2.05) is 0 Å². The molecule has 1 aliphatic carbocycles. The fraction of sp³-hybridized carbons (Fsp3) is 0.100. The van der Waals surface area contributed by atoms with Gasteiger partial charge in [0.25, 0.3) is 0 Å². The molecule has 0 aromatic heterocycles. The SMILES string of the molecule is Brc1cccc2c1[CH]C=CC2Br. The lowest BCUT2D eigenvalue weighted by Crippen LogP contribution is -1.98. The molecule has 0 amide bonds. The minimum absolute atomic E-state index is 0.356. The Kier molecular flexibility index (Phi) is 2.37. The number of alkyl halides is 1. The van der Waals surface area contributed by atoms with Gasteiger partial charge in [0.1, 0.15) is 0 Å². The number of hydrogen-bond donors (Lipinski definition) is 0. The van der Waals surface area contributed by atoms with E-state index in [0.29, 0.717) is 4.83 Å². The molecule has 0 nitrogen and oxygen atoms in total. The summed E-state index contributed by atoms with van der Waals surface area (Å²) >= 11 is 7.12. The Morgan fingerprint density at radius 2 is 2.08 bits per heavy atom. The Morgan fingerprint density at radius 1 is 1.25 bits per heavy atom. The van der Waals surface area contributed by atoms with Gasteiger partial charge < -0.3 is 0 Å². The lowest BCUT2D eigenvalue weighted by atomic mass is 9.97. The van der Waals surface area contributed by atoms with Gasteiger partial charge >= 0.3 is 0 Å². The summed E-state index contributed by atoms with van der Waals surface area (Å²) in [5, 5.41) is 0. The second-order valence-corrected chi connectivity index (χ2v) is 4.54. The first-order valence-electron chi connectivity index (χ1n) is 3.73. The average Bonchev–Trinajstić information content (AvgIpc) is 2.07. The van der Waals surface area contributed by atoms with Crippen LogP contribution in [-0.4, -0.2) is 0 Å². The van der Waals surface area contributed by atoms with E-state index in [0.717, 1.165) is 4.47 Å². The quantitative estimate of drug-likeness (QED) is 0.632. The van der Waals surface area contributed by atoms with Gasteiger partial charge in [-0.1, -0.05) is 56.1 Å². The molecule has 12 heavy (non-hydrogen) atoms. The molecule has 1 aromatic rings. The van der Waals surface area contributed by atoms with Crippen molar-refractivity contribution in [3.8, 4) is 0 Å². The van der Waals surface area contributed by atoms with Crippen molar-refractivity contribution in [2.24, 2.45) is 0 Å². The van der Waals surface area contributed by atoms with Gasteiger partial charge in [-0.2, -0.15) is 0 Å². The third-order valence-electron chi connectivity index (χ3n) is 1.93. The van der Waals surface area contributed by atoms with Gasteiger partial charge in [-0.05, 0) is 17.2 Å². The molecule has 0 saturated carbocycles. The summed E-state index contributed by atoms with van der Waals surface area (Å²) in [5.41, 5.74) is 2.61. The molecular formula is C10H7Br2. The van der Waals surface area contributed by atoms with Crippen molar-refractivity contribution in [1.82, 2.24) is 0 Å². The van der Waals surface area contributed by atoms with E-state index in [1.165, 1.54) is 11.1 Å². The molecule has 0 saturated heterocycles. The van der Waals surface area contributed by atoms with Crippen molar-refractivity contribution in [2.75, 3.05) is 0 Å². The summed E-state index contributed by atoms with van der Waals surface area (Å²) in [6, 6.07) is 6.26. The third-order valence-corrected chi connectivity index (χ3v) is 3.42. The second-order valence-electron chi connectivity index (χ2n) is 2.70. The average molecular weight is 287 g/mol. The van der Waals surface area contributed by atoms with Crippen molar-refractivity contribution >= 4 is 31.9 Å². The molecule has 0 heterocycles. The van der Waals surface area contributed by atoms with Gasteiger partial charge in [-0.3, -0.25) is 0 Å². The molecule has 0 aliphatic heterocycles. The Bertz CT molecular complexity index is 329. The summed E-state index contributed by atoms with van der Waals surface area (Å²) in [6.07, 6.45) is 6.33. The van der Waals surface area contributed by atoms with Crippen LogP contribution in [0.15, 0.2) is 34.8 Å². The van der Waals surface area contributed by atoms with Crippen LogP contribution in [0.25, 0.3) is 0 Å². The molecule has 1 atom stereocenters. The highest BCUT2D eigenvalue weighted by atomic mass is 79.9. The lowest BCUT2D eigenvalue weighted by molar-refractivity contribution is 1.17. The van der Waals surface area contributed by atoms with Gasteiger partial charge in [-0.15, -0.1) is 0 Å². The van der Waals surface area contributed by atoms with Crippen molar-refractivity contribution in [1.29, 1.82) is 0 Å². The van der Waals surface area contributed by atoms with Gasteiger partial charge in [0.05, 0.1) is 4.83 Å². The van der Waals surface area contributed by atoms with E-state index >= 15 is 0 Å². The predicted molar refractivity (Wildman–Crippen MR) is 58.4 cm³/mol. The normalized spacial score (nSPS) is 20.7. The van der Waals surface area contributed by atoms with Crippen LogP contribution in [0.2, 0.25) is 0 Å². The van der Waals surface area contributed by atoms with Crippen LogP contribution in [0.5, 0.6) is 0 Å². The van der Waals surface area contributed by atoms with Crippen molar-refractivity contribution in [3.63, 3.8) is 0 Å². The molecule has 0 fully saturated rings. The Morgan fingerprint density at radius 3 is 2.83 bits per heavy atom. The Hall–Kier alpha value is -0.0800. The van der Waals surface area contributed by atoms with Crippen LogP contribution in [0, 0.1) is 6.42 Å². The maximum atomic E-state index is 3.59. The van der Waals surface area contributed by atoms with E-state index < -0.39 is 0 Å². The van der Waals surface area contributed by atoms with Crippen LogP contribution in [-0.2, 0) is 0 Å². The van der Waals surface area contributed by atoms with Crippen LogP contribution in [0.1, 0.15) is 16.0 Å². The summed E-state index contributed by atoms with van der Waals surface area (Å²) in [5.74, 6) is 0. The standard InChI is InChI=1S/C10H7Br2/c11-9-5-1-3-7-8(9)4-2-6-10(7)12/h1-6,9H. The molecular weight excluding hydrogens is 280 g/mol. The zero-order valence-electron chi connectivity index (χ0n) is 6.30. The van der Waals surface area contributed by atoms with E-state index in [1.54, 1.807) is 0 Å². The van der Waals surface area contributed by atoms with Gasteiger partial charge in [0.15, 0.2) is 0 Å². The largest absolute Gasteiger partial charge is 0.0793 e. The molecule has 0 spiro atoms. The first-order valence-corrected chi connectivity index (χ1v) is 5.44. The van der Waals surface area contributed by atoms with Crippen molar-refractivity contribution < 1.29 is 0 Å². The van der Waals surface area contributed by atoms with Crippen molar-refractivity contribution in [3.05, 3.63) is 52.4 Å². The molecule has 1 aliphatic rings. The minimum Gasteiger partial charge on any atom is -0.0793 e. The maximum Gasteiger partial charge on any atom is 0.0578 e. The number of benzene rings is 1. The third kappa shape index (κ3) is 1.38. The molecule has 1 aromatic carbocycles. The summed E-state index contributed by atoms with van der Waals surface area (Å²) < 4.78 is 1.16. The highest BCUT2D eigenvalue weighted by molar-refractivity contribution is 9.10. The smallest absolute Gasteiger partial charge is 0.0578 e. The Labute approximate surface area is 88.9 Å². The second kappa shape index (κ2) is 3.35. The van der Waals surface area contributed by atoms with Crippen LogP contribution in [0.4, 0.5) is 0 Å². The molecule has 0 N–H and O–H groups in total. The summed E-state index contributed by atoms with van der Waals surface area (Å²) in [4.78, 5) is 0.356. The van der Waals surface area contributed by atoms with Gasteiger partial charge in [-0.25, -0.2) is 0 Å². The fourth-order valence-corrected chi connectivity index (χ4v) is 2.41. The zero-order chi connectivity index (χ0) is 8.55. The number of allylic oxidation sites excluding steroid dienone is 2. The fourth-order valence-electron chi connectivity index (χ4n) is 1.32. The van der Waals surface area contributed by atoms with Gasteiger partial charge in [0.2, 0.25) is 0 Å². The van der Waals surface area contributed by atoms with E-state index in [4.69, 9.17) is 0 Å². The number of hydrogen-bond acceptors (Lipinski definition) is 0. The van der Waals surface area contributed by atoms with E-state index in [2.05, 4.69) is 68.6 Å². The lowest BCUT2D eigenvalue weighted by Gasteiger charge is -2.16. The summed E-state index contributed by atoms with van der Waals surface area (Å²) in [7, 11) is 0. The Balaban J connectivity index is 2.57. The van der Waals surface area contributed by atoms with Crippen LogP contribution in [0.3, 0.4) is 0 Å². The van der Waals surface area contributed by atoms with Crippen LogP contribution >= 0.6 is 31.9 Å². The highest BCUT2D eigenvalue weighted by Crippen LogP contribution is 2.35. The van der Waals surface area contributed by atoms with Crippen LogP contribution < -0.4 is 0 Å². The first-order chi connectivity index (χ1) is 5.79. The first kappa shape index (κ1) is 8.52. The number of rotatable bonds is 0. The number of fused-ring (bicyclic) bond motifs is 1. The molecule has 61 valence electrons. The minimum atomic E-state index is 0.356. The molecule has 1 radical (unpaired) electrons. The van der Waals surface area contributed by atoms with E-state index in [9.17, 15) is 0 Å². The monoisotopic (exact) mass is 285 g/mol. The predicted octanol–water partition coefficient (Wildman–Crippen LogP) is 4.01. The van der Waals surface area contributed by atoms with Gasteiger partial charge in [0, 0.05) is 10.9 Å². The molecule has 2 heteroatoms. The molecule has 0 bridgehead atoms. The molecule has 1 unspecified atom stereocenters. The highest BCUT2D eigenvalue weighted by Gasteiger charge is 2.14. The summed E-state index contributed by atoms with van der Waals surface area (Å²) in [6.45, 7) is 0.